The average molecular weight is 255 g/mol. The van der Waals surface area contributed by atoms with Crippen LogP contribution in [-0.2, 0) is 4.74 Å². The lowest BCUT2D eigenvalue weighted by molar-refractivity contribution is -0.127. The molecule has 0 atom stereocenters. The second-order valence-electron chi connectivity index (χ2n) is 4.82. The molecule has 0 aliphatic carbocycles. The molecule has 0 spiro atoms. The molecule has 4 nitrogen and oxygen atoms in total. The molecule has 1 aliphatic heterocycles. The van der Waals surface area contributed by atoms with Crippen molar-refractivity contribution in [1.29, 1.82) is 0 Å². The summed E-state index contributed by atoms with van der Waals surface area (Å²) in [5.74, 6) is -0.840. The van der Waals surface area contributed by atoms with Crippen molar-refractivity contribution >= 4 is 5.97 Å². The summed E-state index contributed by atoms with van der Waals surface area (Å²) in [6.45, 7) is 3.41. The monoisotopic (exact) mass is 255 g/mol. The van der Waals surface area contributed by atoms with Crippen molar-refractivity contribution in [2.45, 2.75) is 19.6 Å². The topological polar surface area (TPSA) is 48.4 Å². The zero-order chi connectivity index (χ0) is 13.5. The van der Waals surface area contributed by atoms with E-state index in [0.717, 1.165) is 11.3 Å². The Balaban J connectivity index is 2.07. The van der Waals surface area contributed by atoms with Gasteiger partial charge in [-0.1, -0.05) is 30.3 Å². The van der Waals surface area contributed by atoms with E-state index in [9.17, 15) is 4.79 Å². The fraction of sp³-hybridized carbons (Fsp3) is 0.200. The van der Waals surface area contributed by atoms with Crippen LogP contribution in [0, 0.1) is 0 Å². The molecular weight excluding hydrogens is 242 g/mol. The number of esters is 1. The third-order valence-electron chi connectivity index (χ3n) is 2.85. The number of carbonyl (C=O) groups is 1. The van der Waals surface area contributed by atoms with Crippen LogP contribution in [0.15, 0.2) is 42.6 Å². The van der Waals surface area contributed by atoms with Gasteiger partial charge >= 0.3 is 5.97 Å². The van der Waals surface area contributed by atoms with E-state index in [1.807, 2.05) is 30.3 Å². The fourth-order valence-corrected chi connectivity index (χ4v) is 2.01. The van der Waals surface area contributed by atoms with E-state index in [4.69, 9.17) is 9.47 Å². The summed E-state index contributed by atoms with van der Waals surface area (Å²) >= 11 is 0. The minimum Gasteiger partial charge on any atom is -0.452 e. The van der Waals surface area contributed by atoms with Gasteiger partial charge in [0.25, 0.3) is 0 Å². The third kappa shape index (κ3) is 2.17. The Kier molecular flexibility index (Phi) is 2.52. The maximum absolute atomic E-state index is 11.8. The number of hydrogen-bond acceptors (Lipinski definition) is 4. The Morgan fingerprint density at radius 2 is 1.84 bits per heavy atom. The van der Waals surface area contributed by atoms with Gasteiger partial charge in [-0.15, -0.1) is 0 Å². The van der Waals surface area contributed by atoms with Gasteiger partial charge in [0.05, 0.1) is 5.69 Å². The highest BCUT2D eigenvalue weighted by Crippen LogP contribution is 2.33. The molecule has 19 heavy (non-hydrogen) atoms. The maximum Gasteiger partial charge on any atom is 0.346 e. The van der Waals surface area contributed by atoms with E-state index in [-0.39, 0.29) is 0 Å². The van der Waals surface area contributed by atoms with Crippen LogP contribution in [-0.4, -0.2) is 16.7 Å². The van der Waals surface area contributed by atoms with E-state index in [2.05, 4.69) is 4.98 Å². The number of cyclic esters (lactones) is 1. The smallest absolute Gasteiger partial charge is 0.346 e. The quantitative estimate of drug-likeness (QED) is 0.735. The normalized spacial score (nSPS) is 16.2. The highest BCUT2D eigenvalue weighted by molar-refractivity contribution is 5.93. The minimum absolute atomic E-state index is 0.360. The summed E-state index contributed by atoms with van der Waals surface area (Å²) in [5, 5.41) is 0. The number of hydrogen-bond donors (Lipinski definition) is 0. The highest BCUT2D eigenvalue weighted by Gasteiger charge is 2.34. The first-order valence-corrected chi connectivity index (χ1v) is 6.03. The minimum atomic E-state index is -0.945. The predicted octanol–water partition coefficient (Wildman–Crippen LogP) is 3.03. The van der Waals surface area contributed by atoms with Crippen molar-refractivity contribution in [3.63, 3.8) is 0 Å². The van der Waals surface area contributed by atoms with E-state index in [0.29, 0.717) is 11.3 Å². The molecular formula is C15H13NO3. The van der Waals surface area contributed by atoms with Crippen molar-refractivity contribution in [3.05, 3.63) is 48.2 Å². The molecule has 2 aromatic rings. The Morgan fingerprint density at radius 1 is 1.11 bits per heavy atom. The molecule has 3 rings (SSSR count). The summed E-state index contributed by atoms with van der Waals surface area (Å²) in [7, 11) is 0. The molecule has 1 aromatic carbocycles. The van der Waals surface area contributed by atoms with Crippen LogP contribution < -0.4 is 4.74 Å². The van der Waals surface area contributed by atoms with E-state index < -0.39 is 11.8 Å². The van der Waals surface area contributed by atoms with Gasteiger partial charge in [-0.25, -0.2) is 4.79 Å². The second-order valence-corrected chi connectivity index (χ2v) is 4.82. The Hall–Kier alpha value is -2.36. The van der Waals surface area contributed by atoms with Crippen LogP contribution >= 0.6 is 0 Å². The van der Waals surface area contributed by atoms with Crippen LogP contribution in [0.5, 0.6) is 5.75 Å². The molecule has 0 amide bonds. The molecule has 4 heteroatoms. The van der Waals surface area contributed by atoms with Gasteiger partial charge in [-0.05, 0) is 0 Å². The first kappa shape index (κ1) is 11.7. The molecule has 2 heterocycles. The summed E-state index contributed by atoms with van der Waals surface area (Å²) in [6.07, 6.45) is 1.50. The van der Waals surface area contributed by atoms with Crippen molar-refractivity contribution in [1.82, 2.24) is 4.98 Å². The Morgan fingerprint density at radius 3 is 2.58 bits per heavy atom. The van der Waals surface area contributed by atoms with Crippen LogP contribution in [0.3, 0.4) is 0 Å². The molecule has 1 aromatic heterocycles. The number of rotatable bonds is 1. The number of aromatic nitrogens is 1. The summed E-state index contributed by atoms with van der Waals surface area (Å²) < 4.78 is 10.8. The summed E-state index contributed by atoms with van der Waals surface area (Å²) in [5.41, 5.74) is 2.11. The molecule has 0 unspecified atom stereocenters. The molecule has 0 saturated heterocycles. The molecule has 0 bridgehead atoms. The van der Waals surface area contributed by atoms with Gasteiger partial charge in [-0.2, -0.15) is 0 Å². The van der Waals surface area contributed by atoms with Crippen molar-refractivity contribution in [2.75, 3.05) is 0 Å². The lowest BCUT2D eigenvalue weighted by Gasteiger charge is -2.31. The van der Waals surface area contributed by atoms with Crippen molar-refractivity contribution in [2.24, 2.45) is 0 Å². The highest BCUT2D eigenvalue weighted by atomic mass is 16.7. The first-order valence-electron chi connectivity index (χ1n) is 6.03. The lowest BCUT2D eigenvalue weighted by atomic mass is 10.1. The van der Waals surface area contributed by atoms with Crippen LogP contribution in [0.2, 0.25) is 0 Å². The van der Waals surface area contributed by atoms with E-state index >= 15 is 0 Å². The summed E-state index contributed by atoms with van der Waals surface area (Å²) in [6, 6.07) is 11.5. The maximum atomic E-state index is 11.8. The number of carbonyl (C=O) groups excluding carboxylic acids is 1. The van der Waals surface area contributed by atoms with Gasteiger partial charge in [0.15, 0.2) is 0 Å². The molecule has 1 aliphatic rings. The van der Waals surface area contributed by atoms with Gasteiger partial charge < -0.3 is 9.47 Å². The van der Waals surface area contributed by atoms with E-state index in [1.165, 1.54) is 6.20 Å². The van der Waals surface area contributed by atoms with Gasteiger partial charge in [0.1, 0.15) is 11.3 Å². The first-order chi connectivity index (χ1) is 9.05. The predicted molar refractivity (Wildman–Crippen MR) is 69.8 cm³/mol. The standard InChI is InChI=1S/C15H13NO3/c1-15(2)18-13-8-12(10-6-4-3-5-7-10)16-9-11(13)14(17)19-15/h3-9H,1-2H3. The van der Waals surface area contributed by atoms with Crippen LogP contribution in [0.25, 0.3) is 11.3 Å². The van der Waals surface area contributed by atoms with E-state index in [1.54, 1.807) is 19.9 Å². The zero-order valence-electron chi connectivity index (χ0n) is 10.7. The van der Waals surface area contributed by atoms with Crippen LogP contribution in [0.1, 0.15) is 24.2 Å². The largest absolute Gasteiger partial charge is 0.452 e. The lowest BCUT2D eigenvalue weighted by Crippen LogP contribution is -2.38. The van der Waals surface area contributed by atoms with Crippen molar-refractivity contribution in [3.8, 4) is 17.0 Å². The second kappa shape index (κ2) is 4.09. The zero-order valence-corrected chi connectivity index (χ0v) is 10.7. The molecule has 0 radical (unpaired) electrons. The number of fused-ring (bicyclic) bond motifs is 1. The number of benzene rings is 1. The molecule has 0 fully saturated rings. The van der Waals surface area contributed by atoms with Gasteiger partial charge in [0.2, 0.25) is 5.79 Å². The number of ether oxygens (including phenoxy) is 2. The van der Waals surface area contributed by atoms with Gasteiger partial charge in [-0.3, -0.25) is 4.98 Å². The Bertz CT molecular complexity index is 635. The third-order valence-corrected chi connectivity index (χ3v) is 2.85. The Labute approximate surface area is 111 Å². The average Bonchev–Trinajstić information content (AvgIpc) is 2.37. The van der Waals surface area contributed by atoms with Crippen molar-refractivity contribution < 1.29 is 14.3 Å². The number of pyridine rings is 1. The molecule has 0 saturated carbocycles. The van der Waals surface area contributed by atoms with Gasteiger partial charge in [0, 0.05) is 31.7 Å². The fourth-order valence-electron chi connectivity index (χ4n) is 2.01. The molecule has 0 N–H and O–H groups in total. The molecule has 96 valence electrons. The SMILES string of the molecule is CC1(C)OC(=O)c2cnc(-c3ccccc3)cc2O1. The summed E-state index contributed by atoms with van der Waals surface area (Å²) in [4.78, 5) is 16.1. The van der Waals surface area contributed by atoms with Crippen LogP contribution in [0.4, 0.5) is 0 Å². The number of nitrogens with zero attached hydrogens (tertiary/aromatic N) is 1.